The Labute approximate surface area is 159 Å². The fourth-order valence-corrected chi connectivity index (χ4v) is 5.54. The van der Waals surface area contributed by atoms with Crippen molar-refractivity contribution in [2.45, 2.75) is 20.3 Å². The molecule has 2 amide bonds. The second-order valence-electron chi connectivity index (χ2n) is 8.15. The van der Waals surface area contributed by atoms with Crippen LogP contribution in [0.15, 0.2) is 41.5 Å². The molecular formula is C22H25N3O2. The average Bonchev–Trinajstić information content (AvgIpc) is 3.47. The minimum absolute atomic E-state index is 0.106. The molecule has 1 aromatic rings. The van der Waals surface area contributed by atoms with Gasteiger partial charge in [-0.2, -0.15) is 10.1 Å². The maximum absolute atomic E-state index is 12.9. The molecule has 3 fully saturated rings. The summed E-state index contributed by atoms with van der Waals surface area (Å²) in [4.78, 5) is 28.1. The van der Waals surface area contributed by atoms with Gasteiger partial charge < -0.3 is 4.90 Å². The predicted octanol–water partition coefficient (Wildman–Crippen LogP) is 2.92. The smallest absolute Gasteiger partial charge is 0.254 e. The summed E-state index contributed by atoms with van der Waals surface area (Å²) in [6.45, 7) is 6.19. The molecule has 1 aromatic carbocycles. The summed E-state index contributed by atoms with van der Waals surface area (Å²) in [7, 11) is 0. The Morgan fingerprint density at radius 3 is 2.07 bits per heavy atom. The van der Waals surface area contributed by atoms with E-state index in [-0.39, 0.29) is 35.5 Å². The highest BCUT2D eigenvalue weighted by molar-refractivity contribution is 6.06. The van der Waals surface area contributed by atoms with Crippen LogP contribution in [-0.4, -0.2) is 36.1 Å². The summed E-state index contributed by atoms with van der Waals surface area (Å²) in [5.41, 5.74) is 2.06. The number of carbonyl (C=O) groups excluding carboxylic acids is 2. The van der Waals surface area contributed by atoms with E-state index in [9.17, 15) is 9.59 Å². The standard InChI is InChI=1S/C22H25N3O2/c1-3-24(4-2)14-7-5-13(6-8-14)12-23-25-21(26)19-15-9-10-16(18-11-17(15)18)20(19)22(25)27/h5-10,12,15-20H,3-4,11H2,1-2H3/b23-12-/t15-,16-,17-,18-,19-,20+/m0/s1. The number of hydrogen-bond acceptors (Lipinski definition) is 4. The Morgan fingerprint density at radius 2 is 1.56 bits per heavy atom. The minimum atomic E-state index is -0.182. The second kappa shape index (κ2) is 6.04. The van der Waals surface area contributed by atoms with Crippen molar-refractivity contribution in [3.8, 4) is 0 Å². The number of amides is 2. The highest BCUT2D eigenvalue weighted by atomic mass is 16.2. The van der Waals surface area contributed by atoms with Crippen molar-refractivity contribution >= 4 is 23.7 Å². The van der Waals surface area contributed by atoms with E-state index in [0.29, 0.717) is 11.8 Å². The zero-order valence-corrected chi connectivity index (χ0v) is 15.8. The zero-order valence-electron chi connectivity index (χ0n) is 15.8. The highest BCUT2D eigenvalue weighted by Crippen LogP contribution is 2.65. The molecule has 5 aliphatic rings. The molecule has 5 nitrogen and oxygen atoms in total. The summed E-state index contributed by atoms with van der Waals surface area (Å²) in [6, 6.07) is 8.07. The first-order valence-corrected chi connectivity index (χ1v) is 10.1. The number of anilines is 1. The van der Waals surface area contributed by atoms with Gasteiger partial charge in [-0.1, -0.05) is 24.3 Å². The molecular weight excluding hydrogens is 338 g/mol. The molecule has 0 aromatic heterocycles. The topological polar surface area (TPSA) is 53.0 Å². The third-order valence-corrected chi connectivity index (χ3v) is 6.98. The molecule has 2 bridgehead atoms. The SMILES string of the molecule is CCN(CC)c1ccc(/C=N\N2C(=O)[C@@H]3[C@H]4C=C[C@@H]([C@@H]5C[C@@H]45)[C@@H]3C2=O)cc1. The van der Waals surface area contributed by atoms with Crippen LogP contribution in [-0.2, 0) is 9.59 Å². The summed E-state index contributed by atoms with van der Waals surface area (Å²) in [5.74, 6) is 1.16. The van der Waals surface area contributed by atoms with E-state index in [1.54, 1.807) is 6.21 Å². The first-order valence-electron chi connectivity index (χ1n) is 10.1. The molecule has 0 unspecified atom stereocenters. The number of imide groups is 1. The van der Waals surface area contributed by atoms with Gasteiger partial charge in [-0.25, -0.2) is 0 Å². The van der Waals surface area contributed by atoms with Gasteiger partial charge in [0.15, 0.2) is 0 Å². The van der Waals surface area contributed by atoms with Gasteiger partial charge in [-0.15, -0.1) is 0 Å². The molecule has 6 atom stereocenters. The quantitative estimate of drug-likeness (QED) is 0.459. The molecule has 0 radical (unpaired) electrons. The molecule has 0 spiro atoms. The Morgan fingerprint density at radius 1 is 1.00 bits per heavy atom. The van der Waals surface area contributed by atoms with E-state index >= 15 is 0 Å². The lowest BCUT2D eigenvalue weighted by atomic mass is 9.63. The lowest BCUT2D eigenvalue weighted by molar-refractivity contribution is -0.140. The lowest BCUT2D eigenvalue weighted by Crippen LogP contribution is -2.40. The van der Waals surface area contributed by atoms with E-state index < -0.39 is 0 Å². The van der Waals surface area contributed by atoms with Gasteiger partial charge >= 0.3 is 0 Å². The molecule has 1 saturated heterocycles. The highest BCUT2D eigenvalue weighted by Gasteiger charge is 2.67. The van der Waals surface area contributed by atoms with Crippen LogP contribution in [0.3, 0.4) is 0 Å². The van der Waals surface area contributed by atoms with Gasteiger partial charge in [0.25, 0.3) is 11.8 Å². The van der Waals surface area contributed by atoms with Crippen molar-refractivity contribution in [1.82, 2.24) is 5.01 Å². The van der Waals surface area contributed by atoms with Gasteiger partial charge in [0, 0.05) is 18.8 Å². The van der Waals surface area contributed by atoms with Gasteiger partial charge in [0.05, 0.1) is 18.1 Å². The lowest BCUT2D eigenvalue weighted by Gasteiger charge is -2.37. The molecule has 1 aliphatic heterocycles. The van der Waals surface area contributed by atoms with E-state index in [2.05, 4.69) is 48.1 Å². The van der Waals surface area contributed by atoms with Gasteiger partial charge in [-0.3, -0.25) is 9.59 Å². The molecule has 140 valence electrons. The van der Waals surface area contributed by atoms with Crippen LogP contribution >= 0.6 is 0 Å². The number of benzene rings is 1. The number of hydrazone groups is 1. The maximum atomic E-state index is 12.9. The number of rotatable bonds is 5. The molecule has 4 aliphatic carbocycles. The molecule has 5 heteroatoms. The molecule has 1 heterocycles. The molecule has 27 heavy (non-hydrogen) atoms. The second-order valence-corrected chi connectivity index (χ2v) is 8.15. The van der Waals surface area contributed by atoms with Crippen molar-refractivity contribution in [2.24, 2.45) is 40.6 Å². The summed E-state index contributed by atoms with van der Waals surface area (Å²) >= 11 is 0. The molecule has 6 rings (SSSR count). The van der Waals surface area contributed by atoms with Crippen LogP contribution in [0.25, 0.3) is 0 Å². The number of carbonyl (C=O) groups is 2. The number of hydrogen-bond donors (Lipinski definition) is 0. The fraction of sp³-hybridized carbons (Fsp3) is 0.500. The molecule has 2 saturated carbocycles. The summed E-state index contributed by atoms with van der Waals surface area (Å²) in [5, 5.41) is 5.44. The van der Waals surface area contributed by atoms with Gasteiger partial charge in [-0.05, 0) is 61.6 Å². The normalized spacial score (nSPS) is 35.7. The van der Waals surface area contributed by atoms with E-state index in [0.717, 1.165) is 23.7 Å². The number of nitrogens with zero attached hydrogens (tertiary/aromatic N) is 3. The first-order chi connectivity index (χ1) is 13.1. The first kappa shape index (κ1) is 16.7. The largest absolute Gasteiger partial charge is 0.372 e. The summed E-state index contributed by atoms with van der Waals surface area (Å²) in [6.07, 6.45) is 7.18. The van der Waals surface area contributed by atoms with Crippen molar-refractivity contribution in [1.29, 1.82) is 0 Å². The van der Waals surface area contributed by atoms with Crippen LogP contribution in [0.5, 0.6) is 0 Å². The van der Waals surface area contributed by atoms with Gasteiger partial charge in [0.1, 0.15) is 0 Å². The van der Waals surface area contributed by atoms with E-state index in [1.807, 2.05) is 12.1 Å². The van der Waals surface area contributed by atoms with Crippen LogP contribution in [0.1, 0.15) is 25.8 Å². The van der Waals surface area contributed by atoms with Crippen LogP contribution < -0.4 is 4.90 Å². The summed E-state index contributed by atoms with van der Waals surface area (Å²) < 4.78 is 0. The Bertz CT molecular complexity index is 804. The number of allylic oxidation sites excluding steroid dienone is 2. The van der Waals surface area contributed by atoms with Crippen molar-refractivity contribution in [3.05, 3.63) is 42.0 Å². The minimum Gasteiger partial charge on any atom is -0.372 e. The van der Waals surface area contributed by atoms with Crippen molar-refractivity contribution < 1.29 is 9.59 Å². The van der Waals surface area contributed by atoms with Crippen molar-refractivity contribution in [3.63, 3.8) is 0 Å². The van der Waals surface area contributed by atoms with Crippen LogP contribution in [0.4, 0.5) is 5.69 Å². The zero-order chi connectivity index (χ0) is 18.7. The van der Waals surface area contributed by atoms with Gasteiger partial charge in [0.2, 0.25) is 0 Å². The monoisotopic (exact) mass is 363 g/mol. The van der Waals surface area contributed by atoms with E-state index in [4.69, 9.17) is 0 Å². The fourth-order valence-electron chi connectivity index (χ4n) is 5.54. The Hall–Kier alpha value is -2.43. The van der Waals surface area contributed by atoms with Crippen molar-refractivity contribution in [2.75, 3.05) is 18.0 Å². The third-order valence-electron chi connectivity index (χ3n) is 6.98. The average molecular weight is 363 g/mol. The predicted molar refractivity (Wildman–Crippen MR) is 104 cm³/mol. The Balaban J connectivity index is 1.34. The van der Waals surface area contributed by atoms with Crippen LogP contribution in [0.2, 0.25) is 0 Å². The Kier molecular flexibility index (Phi) is 3.74. The maximum Gasteiger partial charge on any atom is 0.254 e. The van der Waals surface area contributed by atoms with Crippen LogP contribution in [0, 0.1) is 35.5 Å². The third kappa shape index (κ3) is 2.40. The van der Waals surface area contributed by atoms with E-state index in [1.165, 1.54) is 12.1 Å². The molecule has 0 N–H and O–H groups in total.